The molecule has 1 amide bonds. The van der Waals surface area contributed by atoms with Crippen molar-refractivity contribution in [3.8, 4) is 0 Å². The Morgan fingerprint density at radius 2 is 2.50 bits per heavy atom. The van der Waals surface area contributed by atoms with Crippen LogP contribution in [0.3, 0.4) is 0 Å². The van der Waals surface area contributed by atoms with Crippen LogP contribution in [-0.4, -0.2) is 22.4 Å². The van der Waals surface area contributed by atoms with E-state index in [0.29, 0.717) is 6.54 Å². The highest BCUT2D eigenvalue weighted by Gasteiger charge is 1.96. The molecular weight excluding hydrogens is 154 g/mol. The van der Waals surface area contributed by atoms with E-state index in [1.807, 2.05) is 6.92 Å². The van der Waals surface area contributed by atoms with Crippen molar-refractivity contribution < 1.29 is 4.79 Å². The van der Waals surface area contributed by atoms with Gasteiger partial charge in [-0.05, 0) is 6.92 Å². The number of rotatable bonds is 3. The number of nitrogens with one attached hydrogen (secondary N) is 2. The molecule has 0 atom stereocenters. The number of aromatic nitrogens is 2. The fourth-order valence-corrected chi connectivity index (χ4v) is 0.972. The third kappa shape index (κ3) is 2.74. The molecule has 0 radical (unpaired) electrons. The van der Waals surface area contributed by atoms with Crippen LogP contribution in [0.5, 0.6) is 0 Å². The molecule has 1 heterocycles. The monoisotopic (exact) mass is 167 g/mol. The summed E-state index contributed by atoms with van der Waals surface area (Å²) < 4.78 is 0. The molecule has 0 fully saturated rings. The maximum atomic E-state index is 10.5. The summed E-state index contributed by atoms with van der Waals surface area (Å²) in [6.45, 7) is 4.08. The summed E-state index contributed by atoms with van der Waals surface area (Å²) in [6.07, 6.45) is 2.59. The molecule has 0 aliphatic rings. The molecule has 0 aromatic carbocycles. The van der Waals surface area contributed by atoms with Gasteiger partial charge >= 0.3 is 0 Å². The average Bonchev–Trinajstić information content (AvgIpc) is 2.35. The molecule has 12 heavy (non-hydrogen) atoms. The predicted octanol–water partition coefficient (Wildman–Crippen LogP) is 0.397. The summed E-state index contributed by atoms with van der Waals surface area (Å²) in [6, 6.07) is 0. The van der Waals surface area contributed by atoms with Crippen molar-refractivity contribution in [2.75, 3.05) is 6.54 Å². The van der Waals surface area contributed by atoms with Gasteiger partial charge in [-0.3, -0.25) is 4.79 Å². The van der Waals surface area contributed by atoms with Crippen molar-refractivity contribution >= 4 is 5.91 Å². The van der Waals surface area contributed by atoms with E-state index in [4.69, 9.17) is 0 Å². The molecule has 0 unspecified atom stereocenters. The quantitative estimate of drug-likeness (QED) is 0.684. The van der Waals surface area contributed by atoms with Crippen LogP contribution in [0.15, 0.2) is 6.20 Å². The SMILES string of the molecule is CC(=O)NCCc1cnc(C)[nH]1. The third-order valence-corrected chi connectivity index (χ3v) is 1.52. The number of carbonyl (C=O) groups is 1. The Balaban J connectivity index is 2.29. The Morgan fingerprint density at radius 3 is 3.00 bits per heavy atom. The van der Waals surface area contributed by atoms with Crippen LogP contribution in [0.25, 0.3) is 0 Å². The Kier molecular flexibility index (Phi) is 2.85. The number of hydrogen-bond donors (Lipinski definition) is 2. The van der Waals surface area contributed by atoms with Crippen molar-refractivity contribution in [1.29, 1.82) is 0 Å². The zero-order valence-corrected chi connectivity index (χ0v) is 7.35. The average molecular weight is 167 g/mol. The van der Waals surface area contributed by atoms with Crippen LogP contribution in [0.4, 0.5) is 0 Å². The molecule has 0 aliphatic heterocycles. The van der Waals surface area contributed by atoms with Gasteiger partial charge in [0.15, 0.2) is 0 Å². The first-order valence-corrected chi connectivity index (χ1v) is 3.93. The highest BCUT2D eigenvalue weighted by Crippen LogP contribution is 1.95. The number of H-pyrrole nitrogens is 1. The van der Waals surface area contributed by atoms with Crippen molar-refractivity contribution in [3.05, 3.63) is 17.7 Å². The zero-order valence-electron chi connectivity index (χ0n) is 7.35. The molecule has 66 valence electrons. The Labute approximate surface area is 71.4 Å². The van der Waals surface area contributed by atoms with Crippen molar-refractivity contribution in [2.45, 2.75) is 20.3 Å². The maximum Gasteiger partial charge on any atom is 0.216 e. The molecule has 4 nitrogen and oxygen atoms in total. The number of imidazole rings is 1. The summed E-state index contributed by atoms with van der Waals surface area (Å²) in [5.41, 5.74) is 1.06. The third-order valence-electron chi connectivity index (χ3n) is 1.52. The molecule has 0 aliphatic carbocycles. The van der Waals surface area contributed by atoms with Gasteiger partial charge in [0.1, 0.15) is 5.82 Å². The highest BCUT2D eigenvalue weighted by molar-refractivity contribution is 5.72. The predicted molar refractivity (Wildman–Crippen MR) is 45.7 cm³/mol. The maximum absolute atomic E-state index is 10.5. The molecule has 4 heteroatoms. The minimum absolute atomic E-state index is 0.00578. The molecule has 0 spiro atoms. The topological polar surface area (TPSA) is 57.8 Å². The lowest BCUT2D eigenvalue weighted by Crippen LogP contribution is -2.22. The van der Waals surface area contributed by atoms with Gasteiger partial charge in [0.25, 0.3) is 0 Å². The smallest absolute Gasteiger partial charge is 0.216 e. The summed E-state index contributed by atoms with van der Waals surface area (Å²) in [4.78, 5) is 17.6. The van der Waals surface area contributed by atoms with Crippen LogP contribution in [0.1, 0.15) is 18.4 Å². The lowest BCUT2D eigenvalue weighted by molar-refractivity contribution is -0.118. The minimum Gasteiger partial charge on any atom is -0.356 e. The Hall–Kier alpha value is -1.32. The number of amides is 1. The van der Waals surface area contributed by atoms with Crippen LogP contribution < -0.4 is 5.32 Å². The van der Waals surface area contributed by atoms with E-state index >= 15 is 0 Å². The zero-order chi connectivity index (χ0) is 8.97. The number of nitrogens with zero attached hydrogens (tertiary/aromatic N) is 1. The Bertz CT molecular complexity index is 267. The van der Waals surface area contributed by atoms with E-state index in [0.717, 1.165) is 17.9 Å². The number of aromatic amines is 1. The summed E-state index contributed by atoms with van der Waals surface area (Å²) >= 11 is 0. The largest absolute Gasteiger partial charge is 0.356 e. The van der Waals surface area contributed by atoms with E-state index in [1.54, 1.807) is 6.20 Å². The van der Waals surface area contributed by atoms with Gasteiger partial charge in [-0.2, -0.15) is 0 Å². The van der Waals surface area contributed by atoms with Gasteiger partial charge in [-0.25, -0.2) is 4.98 Å². The van der Waals surface area contributed by atoms with Crippen molar-refractivity contribution in [3.63, 3.8) is 0 Å². The van der Waals surface area contributed by atoms with E-state index in [-0.39, 0.29) is 5.91 Å². The molecule has 1 aromatic rings. The van der Waals surface area contributed by atoms with Crippen molar-refractivity contribution in [2.24, 2.45) is 0 Å². The standard InChI is InChI=1S/C8H13N3O/c1-6-10-5-8(11-6)3-4-9-7(2)12/h5H,3-4H2,1-2H3,(H,9,12)(H,10,11). The van der Waals surface area contributed by atoms with E-state index < -0.39 is 0 Å². The fraction of sp³-hybridized carbons (Fsp3) is 0.500. The minimum atomic E-state index is 0.00578. The molecule has 1 rings (SSSR count). The first-order chi connectivity index (χ1) is 5.68. The molecule has 0 saturated heterocycles. The number of hydrogen-bond acceptors (Lipinski definition) is 2. The molecular formula is C8H13N3O. The van der Waals surface area contributed by atoms with Crippen LogP contribution in [-0.2, 0) is 11.2 Å². The number of carbonyl (C=O) groups excluding carboxylic acids is 1. The summed E-state index contributed by atoms with van der Waals surface area (Å²) in [5.74, 6) is 0.916. The second kappa shape index (κ2) is 3.90. The van der Waals surface area contributed by atoms with Gasteiger partial charge < -0.3 is 10.3 Å². The Morgan fingerprint density at radius 1 is 1.75 bits per heavy atom. The normalized spacial score (nSPS) is 9.83. The molecule has 0 saturated carbocycles. The van der Waals surface area contributed by atoms with Crippen LogP contribution >= 0.6 is 0 Å². The molecule has 2 N–H and O–H groups in total. The van der Waals surface area contributed by atoms with E-state index in [1.165, 1.54) is 6.92 Å². The first kappa shape index (κ1) is 8.77. The van der Waals surface area contributed by atoms with E-state index in [2.05, 4.69) is 15.3 Å². The van der Waals surface area contributed by atoms with Crippen LogP contribution in [0.2, 0.25) is 0 Å². The fourth-order valence-electron chi connectivity index (χ4n) is 0.972. The summed E-state index contributed by atoms with van der Waals surface area (Å²) in [5, 5.41) is 2.72. The number of aryl methyl sites for hydroxylation is 1. The summed E-state index contributed by atoms with van der Waals surface area (Å²) in [7, 11) is 0. The van der Waals surface area contributed by atoms with Gasteiger partial charge in [0, 0.05) is 31.8 Å². The van der Waals surface area contributed by atoms with Gasteiger partial charge in [-0.15, -0.1) is 0 Å². The van der Waals surface area contributed by atoms with Gasteiger partial charge in [0.2, 0.25) is 5.91 Å². The van der Waals surface area contributed by atoms with E-state index in [9.17, 15) is 4.79 Å². The first-order valence-electron chi connectivity index (χ1n) is 3.93. The van der Waals surface area contributed by atoms with Crippen molar-refractivity contribution in [1.82, 2.24) is 15.3 Å². The van der Waals surface area contributed by atoms with Crippen LogP contribution in [0, 0.1) is 6.92 Å². The molecule has 1 aromatic heterocycles. The highest BCUT2D eigenvalue weighted by atomic mass is 16.1. The van der Waals surface area contributed by atoms with Gasteiger partial charge in [0.05, 0.1) is 0 Å². The van der Waals surface area contributed by atoms with Gasteiger partial charge in [-0.1, -0.05) is 0 Å². The lowest BCUT2D eigenvalue weighted by atomic mass is 10.3. The second-order valence-electron chi connectivity index (χ2n) is 2.73. The molecule has 0 bridgehead atoms. The lowest BCUT2D eigenvalue weighted by Gasteiger charge is -1.98. The second-order valence-corrected chi connectivity index (χ2v) is 2.73.